The highest BCUT2D eigenvalue weighted by molar-refractivity contribution is 7.89. The second-order valence-corrected chi connectivity index (χ2v) is 8.21. The molecule has 2 atom stereocenters. The van der Waals surface area contributed by atoms with Gasteiger partial charge in [0.05, 0.1) is 4.90 Å². The van der Waals surface area contributed by atoms with E-state index in [1.165, 1.54) is 12.1 Å². The van der Waals surface area contributed by atoms with Crippen LogP contribution < -0.4 is 0 Å². The Kier molecular flexibility index (Phi) is 3.82. The number of nitrogens with zero attached hydrogens (tertiary/aromatic N) is 1. The average Bonchev–Trinajstić information content (AvgIpc) is 2.84. The number of sulfonamides is 1. The van der Waals surface area contributed by atoms with Crippen molar-refractivity contribution in [3.05, 3.63) is 29.1 Å². The number of aryl methyl sites for hydroxylation is 2. The molecular weight excluding hydrogens is 289 g/mol. The zero-order valence-electron chi connectivity index (χ0n) is 12.6. The fourth-order valence-electron chi connectivity index (χ4n) is 4.13. The summed E-state index contributed by atoms with van der Waals surface area (Å²) in [6.07, 6.45) is 5.28. The Labute approximate surface area is 126 Å². The first-order chi connectivity index (χ1) is 9.91. The Morgan fingerprint density at radius 3 is 2.38 bits per heavy atom. The van der Waals surface area contributed by atoms with Gasteiger partial charge < -0.3 is 0 Å². The molecule has 1 heterocycles. The van der Waals surface area contributed by atoms with Crippen LogP contribution >= 0.6 is 0 Å². The quantitative estimate of drug-likeness (QED) is 0.839. The monoisotopic (exact) mass is 311 g/mol. The molecule has 116 valence electrons. The summed E-state index contributed by atoms with van der Waals surface area (Å²) >= 11 is 0. The van der Waals surface area contributed by atoms with Gasteiger partial charge in [-0.25, -0.2) is 12.8 Å². The van der Waals surface area contributed by atoms with Crippen LogP contribution in [0.5, 0.6) is 0 Å². The largest absolute Gasteiger partial charge is 0.243 e. The number of hydrogen-bond donors (Lipinski definition) is 0. The maximum Gasteiger partial charge on any atom is 0.243 e. The van der Waals surface area contributed by atoms with Crippen LogP contribution in [0, 0.1) is 25.6 Å². The molecule has 3 rings (SSSR count). The van der Waals surface area contributed by atoms with E-state index in [9.17, 15) is 12.8 Å². The first-order valence-corrected chi connectivity index (χ1v) is 9.14. The zero-order chi connectivity index (χ0) is 15.2. The summed E-state index contributed by atoms with van der Waals surface area (Å²) in [5.41, 5.74) is 1.01. The predicted octanol–water partition coefficient (Wildman–Crippen LogP) is 3.40. The number of hydrogen-bond acceptors (Lipinski definition) is 2. The zero-order valence-corrected chi connectivity index (χ0v) is 13.4. The van der Waals surface area contributed by atoms with Crippen molar-refractivity contribution < 1.29 is 12.8 Å². The van der Waals surface area contributed by atoms with Crippen LogP contribution in [0.1, 0.15) is 43.2 Å². The van der Waals surface area contributed by atoms with E-state index < -0.39 is 10.0 Å². The third kappa shape index (κ3) is 2.50. The van der Waals surface area contributed by atoms with Crippen LogP contribution in [-0.4, -0.2) is 25.3 Å². The van der Waals surface area contributed by atoms with E-state index in [2.05, 4.69) is 0 Å². The van der Waals surface area contributed by atoms with Crippen molar-refractivity contribution in [2.45, 2.75) is 56.9 Å². The molecule has 2 aliphatic rings. The van der Waals surface area contributed by atoms with Crippen LogP contribution in [0.25, 0.3) is 0 Å². The minimum atomic E-state index is -3.53. The molecule has 1 saturated heterocycles. The SMILES string of the molecule is Cc1cc(F)cc(C)c1S(=O)(=O)N1CCCC2CCCC21. The molecule has 2 unspecified atom stereocenters. The Hall–Kier alpha value is -0.940. The predicted molar refractivity (Wildman–Crippen MR) is 80.1 cm³/mol. The van der Waals surface area contributed by atoms with Gasteiger partial charge in [-0.1, -0.05) is 6.42 Å². The maximum absolute atomic E-state index is 13.4. The van der Waals surface area contributed by atoms with Crippen molar-refractivity contribution in [3.63, 3.8) is 0 Å². The lowest BCUT2D eigenvalue weighted by Gasteiger charge is -2.37. The molecule has 1 aromatic rings. The van der Waals surface area contributed by atoms with Crippen molar-refractivity contribution in [3.8, 4) is 0 Å². The van der Waals surface area contributed by atoms with Gasteiger partial charge in [0.1, 0.15) is 5.82 Å². The van der Waals surface area contributed by atoms with Gasteiger partial charge in [-0.2, -0.15) is 4.31 Å². The topological polar surface area (TPSA) is 37.4 Å². The van der Waals surface area contributed by atoms with E-state index in [0.717, 1.165) is 32.1 Å². The van der Waals surface area contributed by atoms with Crippen LogP contribution in [0.2, 0.25) is 0 Å². The summed E-state index contributed by atoms with van der Waals surface area (Å²) < 4.78 is 41.3. The normalized spacial score (nSPS) is 26.8. The van der Waals surface area contributed by atoms with Crippen molar-refractivity contribution in [2.75, 3.05) is 6.54 Å². The van der Waals surface area contributed by atoms with E-state index in [1.54, 1.807) is 18.2 Å². The molecule has 0 radical (unpaired) electrons. The van der Waals surface area contributed by atoms with E-state index in [0.29, 0.717) is 28.5 Å². The van der Waals surface area contributed by atoms with Crippen LogP contribution in [0.3, 0.4) is 0 Å². The molecule has 0 bridgehead atoms. The van der Waals surface area contributed by atoms with E-state index >= 15 is 0 Å². The molecule has 0 N–H and O–H groups in total. The molecule has 0 spiro atoms. The summed E-state index contributed by atoms with van der Waals surface area (Å²) in [7, 11) is -3.53. The van der Waals surface area contributed by atoms with Crippen LogP contribution in [0.15, 0.2) is 17.0 Å². The Morgan fingerprint density at radius 1 is 1.10 bits per heavy atom. The van der Waals surface area contributed by atoms with Crippen LogP contribution in [-0.2, 0) is 10.0 Å². The summed E-state index contributed by atoms with van der Waals surface area (Å²) in [5.74, 6) is 0.135. The molecule has 21 heavy (non-hydrogen) atoms. The van der Waals surface area contributed by atoms with Gasteiger partial charge >= 0.3 is 0 Å². The molecule has 2 fully saturated rings. The third-order valence-corrected chi connectivity index (χ3v) is 7.16. The lowest BCUT2D eigenvalue weighted by molar-refractivity contribution is 0.202. The molecule has 1 aromatic carbocycles. The fourth-order valence-corrected chi connectivity index (χ4v) is 6.30. The molecule has 0 aromatic heterocycles. The minimum Gasteiger partial charge on any atom is -0.207 e. The fraction of sp³-hybridized carbons (Fsp3) is 0.625. The number of benzene rings is 1. The lowest BCUT2D eigenvalue weighted by atomic mass is 9.94. The molecule has 1 saturated carbocycles. The van der Waals surface area contributed by atoms with Crippen molar-refractivity contribution in [2.24, 2.45) is 5.92 Å². The number of fused-ring (bicyclic) bond motifs is 1. The highest BCUT2D eigenvalue weighted by atomic mass is 32.2. The molecule has 1 aliphatic heterocycles. The standard InChI is InChI=1S/C16H22FNO2S/c1-11-9-14(17)10-12(2)16(11)21(19,20)18-8-4-6-13-5-3-7-15(13)18/h9-10,13,15H,3-8H2,1-2H3. The van der Waals surface area contributed by atoms with E-state index in [-0.39, 0.29) is 11.9 Å². The highest BCUT2D eigenvalue weighted by Gasteiger charge is 2.42. The molecule has 0 amide bonds. The summed E-state index contributed by atoms with van der Waals surface area (Å²) in [6.45, 7) is 3.96. The summed E-state index contributed by atoms with van der Waals surface area (Å²) in [4.78, 5) is 0.302. The average molecular weight is 311 g/mol. The van der Waals surface area contributed by atoms with Crippen LogP contribution in [0.4, 0.5) is 4.39 Å². The Bertz CT molecular complexity index is 633. The summed E-state index contributed by atoms with van der Waals surface area (Å²) in [5, 5.41) is 0. The van der Waals surface area contributed by atoms with Gasteiger partial charge in [0.25, 0.3) is 0 Å². The first kappa shape index (κ1) is 15.0. The van der Waals surface area contributed by atoms with Gasteiger partial charge in [-0.3, -0.25) is 0 Å². The lowest BCUT2D eigenvalue weighted by Crippen LogP contribution is -2.46. The van der Waals surface area contributed by atoms with E-state index in [1.807, 2.05) is 0 Å². The third-order valence-electron chi connectivity index (χ3n) is 4.93. The second kappa shape index (κ2) is 5.36. The van der Waals surface area contributed by atoms with Gasteiger partial charge in [0.2, 0.25) is 10.0 Å². The van der Waals surface area contributed by atoms with Crippen molar-refractivity contribution in [1.29, 1.82) is 0 Å². The maximum atomic E-state index is 13.4. The highest BCUT2D eigenvalue weighted by Crippen LogP contribution is 2.40. The Morgan fingerprint density at radius 2 is 1.71 bits per heavy atom. The van der Waals surface area contributed by atoms with E-state index in [4.69, 9.17) is 0 Å². The Balaban J connectivity index is 2.04. The van der Waals surface area contributed by atoms with Gasteiger partial charge in [0, 0.05) is 12.6 Å². The number of halogens is 1. The van der Waals surface area contributed by atoms with Crippen molar-refractivity contribution >= 4 is 10.0 Å². The smallest absolute Gasteiger partial charge is 0.207 e. The van der Waals surface area contributed by atoms with Gasteiger partial charge in [0.15, 0.2) is 0 Å². The molecule has 5 heteroatoms. The van der Waals surface area contributed by atoms with Gasteiger partial charge in [-0.05, 0) is 68.7 Å². The molecular formula is C16H22FNO2S. The molecule has 3 nitrogen and oxygen atoms in total. The first-order valence-electron chi connectivity index (χ1n) is 7.70. The number of piperidine rings is 1. The molecule has 1 aliphatic carbocycles. The number of rotatable bonds is 2. The van der Waals surface area contributed by atoms with Crippen molar-refractivity contribution in [1.82, 2.24) is 4.31 Å². The second-order valence-electron chi connectivity index (χ2n) is 6.39. The minimum absolute atomic E-state index is 0.146. The summed E-state index contributed by atoms with van der Waals surface area (Å²) in [6, 6.07) is 2.78. The van der Waals surface area contributed by atoms with Gasteiger partial charge in [-0.15, -0.1) is 0 Å².